The van der Waals surface area contributed by atoms with E-state index in [0.717, 1.165) is 41.0 Å². The molecule has 0 aliphatic carbocycles. The summed E-state index contributed by atoms with van der Waals surface area (Å²) in [5.41, 5.74) is 3.94. The molecule has 1 saturated heterocycles. The Morgan fingerprint density at radius 1 is 1.17 bits per heavy atom. The summed E-state index contributed by atoms with van der Waals surface area (Å²) in [4.78, 5) is 30.6. The molecule has 6 nitrogen and oxygen atoms in total. The number of thiazole rings is 1. The molecule has 0 bridgehead atoms. The smallest absolute Gasteiger partial charge is 0.319 e. The predicted octanol–water partition coefficient (Wildman–Crippen LogP) is 2.98. The lowest BCUT2D eigenvalue weighted by molar-refractivity contribution is -0.910. The number of benzene rings is 2. The zero-order valence-corrected chi connectivity index (χ0v) is 17.4. The maximum Gasteiger partial charge on any atom is 0.326 e. The number of aromatic nitrogens is 1. The molecule has 1 fully saturated rings. The van der Waals surface area contributed by atoms with Crippen LogP contribution in [0, 0.1) is 13.8 Å². The fourth-order valence-electron chi connectivity index (χ4n) is 3.82. The average Bonchev–Trinajstić information content (AvgIpc) is 3.30. The first-order valence-corrected chi connectivity index (χ1v) is 10.7. The van der Waals surface area contributed by atoms with E-state index in [4.69, 9.17) is 4.98 Å². The van der Waals surface area contributed by atoms with E-state index >= 15 is 0 Å². The molecule has 2 aromatic carbocycles. The van der Waals surface area contributed by atoms with Crippen LogP contribution >= 0.6 is 11.3 Å². The van der Waals surface area contributed by atoms with Gasteiger partial charge in [-0.1, -0.05) is 18.2 Å². The Kier molecular flexibility index (Phi) is 5.60. The molecule has 1 unspecified atom stereocenters. The summed E-state index contributed by atoms with van der Waals surface area (Å²) in [6, 6.07) is 13.5. The maximum absolute atomic E-state index is 12.5. The van der Waals surface area contributed by atoms with Gasteiger partial charge in [0.1, 0.15) is 6.04 Å². The van der Waals surface area contributed by atoms with Gasteiger partial charge in [0.2, 0.25) is 0 Å². The molecule has 1 aromatic heterocycles. The zero-order chi connectivity index (χ0) is 20.4. The number of urea groups is 1. The van der Waals surface area contributed by atoms with Crippen LogP contribution in [-0.2, 0) is 4.79 Å². The molecule has 1 aliphatic heterocycles. The van der Waals surface area contributed by atoms with Gasteiger partial charge >= 0.3 is 6.03 Å². The van der Waals surface area contributed by atoms with Gasteiger partial charge in [0.25, 0.3) is 5.91 Å². The Morgan fingerprint density at radius 3 is 2.79 bits per heavy atom. The Balaban J connectivity index is 1.36. The number of quaternary nitrogens is 1. The lowest BCUT2D eigenvalue weighted by Crippen LogP contribution is -3.11. The van der Waals surface area contributed by atoms with Gasteiger partial charge in [0, 0.05) is 18.5 Å². The molecule has 3 aromatic rings. The van der Waals surface area contributed by atoms with Crippen LogP contribution < -0.4 is 15.5 Å². The first kappa shape index (κ1) is 19.5. The van der Waals surface area contributed by atoms with Crippen molar-refractivity contribution in [1.29, 1.82) is 0 Å². The Bertz CT molecular complexity index is 1030. The largest absolute Gasteiger partial charge is 0.326 e. The second kappa shape index (κ2) is 8.31. The normalized spacial score (nSPS) is 18.7. The lowest BCUT2D eigenvalue weighted by Gasteiger charge is -2.19. The van der Waals surface area contributed by atoms with Crippen molar-refractivity contribution in [3.8, 4) is 0 Å². The van der Waals surface area contributed by atoms with Crippen molar-refractivity contribution in [2.45, 2.75) is 32.7 Å². The summed E-state index contributed by atoms with van der Waals surface area (Å²) >= 11 is 1.70. The van der Waals surface area contributed by atoms with Crippen molar-refractivity contribution in [2.75, 3.05) is 18.4 Å². The Labute approximate surface area is 173 Å². The molecule has 7 heteroatoms. The number of para-hydroxylation sites is 1. The molecule has 0 spiro atoms. The number of anilines is 1. The van der Waals surface area contributed by atoms with Crippen molar-refractivity contribution in [3.05, 3.63) is 58.6 Å². The van der Waals surface area contributed by atoms with Crippen molar-refractivity contribution in [3.63, 3.8) is 0 Å². The molecule has 4 rings (SSSR count). The Hall–Kier alpha value is -2.77. The van der Waals surface area contributed by atoms with Gasteiger partial charge in [-0.3, -0.25) is 10.1 Å². The van der Waals surface area contributed by atoms with Crippen molar-refractivity contribution in [2.24, 2.45) is 0 Å². The van der Waals surface area contributed by atoms with Crippen LogP contribution in [0.3, 0.4) is 0 Å². The zero-order valence-electron chi connectivity index (χ0n) is 16.6. The fraction of sp³-hybridized carbons (Fsp3) is 0.318. The molecule has 0 saturated carbocycles. The summed E-state index contributed by atoms with van der Waals surface area (Å²) in [6.45, 7) is 5.18. The second-order valence-electron chi connectivity index (χ2n) is 7.60. The highest BCUT2D eigenvalue weighted by Crippen LogP contribution is 2.28. The SMILES string of the molecule is Cc1ccc(NC(=O)NC(=O)C[NH+]2CCC[C@H]2c2nc3ccccc3s2)cc1C. The number of hydrogen-bond acceptors (Lipinski definition) is 4. The van der Waals surface area contributed by atoms with E-state index in [9.17, 15) is 9.59 Å². The van der Waals surface area contributed by atoms with Crippen molar-refractivity contribution in [1.82, 2.24) is 10.3 Å². The molecule has 29 heavy (non-hydrogen) atoms. The monoisotopic (exact) mass is 409 g/mol. The number of fused-ring (bicyclic) bond motifs is 1. The predicted molar refractivity (Wildman–Crippen MR) is 115 cm³/mol. The third-order valence-electron chi connectivity index (χ3n) is 5.50. The third kappa shape index (κ3) is 4.46. The summed E-state index contributed by atoms with van der Waals surface area (Å²) in [7, 11) is 0. The topological polar surface area (TPSA) is 75.5 Å². The van der Waals surface area contributed by atoms with E-state index in [1.165, 1.54) is 9.60 Å². The first-order chi connectivity index (χ1) is 14.0. The first-order valence-electron chi connectivity index (χ1n) is 9.88. The molecular formula is C22H25N4O2S+. The summed E-state index contributed by atoms with van der Waals surface area (Å²) in [6.07, 6.45) is 2.06. The number of nitrogens with one attached hydrogen (secondary N) is 3. The lowest BCUT2D eigenvalue weighted by atomic mass is 10.1. The van der Waals surface area contributed by atoms with Crippen LogP contribution in [0.2, 0.25) is 0 Å². The number of carbonyl (C=O) groups excluding carboxylic acids is 2. The second-order valence-corrected chi connectivity index (χ2v) is 8.66. The minimum Gasteiger partial charge on any atom is -0.319 e. The molecular weight excluding hydrogens is 384 g/mol. The van der Waals surface area contributed by atoms with Gasteiger partial charge in [0.15, 0.2) is 11.6 Å². The molecule has 2 heterocycles. The van der Waals surface area contributed by atoms with Crippen molar-refractivity contribution < 1.29 is 14.5 Å². The fourth-order valence-corrected chi connectivity index (χ4v) is 4.98. The van der Waals surface area contributed by atoms with E-state index in [-0.39, 0.29) is 18.5 Å². The molecule has 3 N–H and O–H groups in total. The molecule has 2 atom stereocenters. The van der Waals surface area contributed by atoms with Crippen LogP contribution in [0.5, 0.6) is 0 Å². The van der Waals surface area contributed by atoms with Crippen LogP contribution in [-0.4, -0.2) is 30.0 Å². The van der Waals surface area contributed by atoms with E-state index in [0.29, 0.717) is 5.69 Å². The highest BCUT2D eigenvalue weighted by molar-refractivity contribution is 7.18. The minimum absolute atomic E-state index is 0.209. The van der Waals surface area contributed by atoms with E-state index in [1.807, 2.05) is 50.2 Å². The highest BCUT2D eigenvalue weighted by atomic mass is 32.1. The van der Waals surface area contributed by atoms with Gasteiger partial charge < -0.3 is 10.2 Å². The molecule has 3 amide bonds. The number of likely N-dealkylation sites (tertiary alicyclic amines) is 1. The van der Waals surface area contributed by atoms with E-state index in [2.05, 4.69) is 16.7 Å². The van der Waals surface area contributed by atoms with Gasteiger partial charge in [-0.25, -0.2) is 9.78 Å². The quantitative estimate of drug-likeness (QED) is 0.620. The third-order valence-corrected chi connectivity index (χ3v) is 6.65. The molecule has 0 radical (unpaired) electrons. The maximum atomic E-state index is 12.5. The average molecular weight is 410 g/mol. The Morgan fingerprint density at radius 2 is 2.00 bits per heavy atom. The van der Waals surface area contributed by atoms with Crippen molar-refractivity contribution >= 4 is 39.2 Å². The van der Waals surface area contributed by atoms with Gasteiger partial charge in [-0.05, 0) is 49.2 Å². The number of rotatable bonds is 4. The number of hydrogen-bond donors (Lipinski definition) is 3. The van der Waals surface area contributed by atoms with Gasteiger partial charge in [-0.2, -0.15) is 0 Å². The van der Waals surface area contributed by atoms with E-state index < -0.39 is 6.03 Å². The van der Waals surface area contributed by atoms with Gasteiger partial charge in [0.05, 0.1) is 16.8 Å². The summed E-state index contributed by atoms with van der Waals surface area (Å²) < 4.78 is 1.17. The number of nitrogens with zero attached hydrogens (tertiary/aromatic N) is 1. The number of amides is 3. The van der Waals surface area contributed by atoms with Gasteiger partial charge in [-0.15, -0.1) is 11.3 Å². The van der Waals surface area contributed by atoms with Crippen LogP contribution in [0.1, 0.15) is 35.0 Å². The summed E-state index contributed by atoms with van der Waals surface area (Å²) in [5, 5.41) is 6.27. The van der Waals surface area contributed by atoms with Crippen LogP contribution in [0.4, 0.5) is 10.5 Å². The molecule has 150 valence electrons. The number of carbonyl (C=O) groups is 2. The van der Waals surface area contributed by atoms with E-state index in [1.54, 1.807) is 11.3 Å². The summed E-state index contributed by atoms with van der Waals surface area (Å²) in [5.74, 6) is -0.269. The van der Waals surface area contributed by atoms with Crippen LogP contribution in [0.15, 0.2) is 42.5 Å². The number of imide groups is 1. The number of aryl methyl sites for hydroxylation is 2. The minimum atomic E-state index is -0.492. The standard InChI is InChI=1S/C22H24N4O2S/c1-14-9-10-16(12-15(14)2)23-22(28)25-20(27)13-26-11-5-7-18(26)21-24-17-6-3-4-8-19(17)29-21/h3-4,6,8-10,12,18H,5,7,11,13H2,1-2H3,(H2,23,25,27,28)/p+1/t18-/m0/s1. The molecule has 1 aliphatic rings. The van der Waals surface area contributed by atoms with Crippen LogP contribution in [0.25, 0.3) is 10.2 Å². The highest BCUT2D eigenvalue weighted by Gasteiger charge is 2.34.